The quantitative estimate of drug-likeness (QED) is 0.128. The number of rotatable bonds is 12. The van der Waals surface area contributed by atoms with Gasteiger partial charge in [0.15, 0.2) is 0 Å². The predicted octanol–water partition coefficient (Wildman–Crippen LogP) is 9.74. The maximum absolute atomic E-state index is 11.1. The second-order valence-corrected chi connectivity index (χ2v) is 11.2. The zero-order chi connectivity index (χ0) is 37.0. The van der Waals surface area contributed by atoms with E-state index in [2.05, 4.69) is 0 Å². The summed E-state index contributed by atoms with van der Waals surface area (Å²) in [6.07, 6.45) is 0. The van der Waals surface area contributed by atoms with E-state index in [1.165, 1.54) is 0 Å². The van der Waals surface area contributed by atoms with Crippen LogP contribution < -0.4 is 28.7 Å². The molecule has 52 heavy (non-hydrogen) atoms. The molecule has 10 nitrogen and oxygen atoms in total. The van der Waals surface area contributed by atoms with Gasteiger partial charge in [0.2, 0.25) is 0 Å². The molecule has 6 aromatic carbocycles. The van der Waals surface area contributed by atoms with Crippen LogP contribution in [0.15, 0.2) is 146 Å². The van der Waals surface area contributed by atoms with Crippen LogP contribution >= 0.6 is 0 Å². The second kappa shape index (κ2) is 17.1. The van der Waals surface area contributed by atoms with Gasteiger partial charge in [-0.1, -0.05) is 0 Å². The summed E-state index contributed by atoms with van der Waals surface area (Å²) >= 11 is 0. The van der Waals surface area contributed by atoms with Crippen LogP contribution in [0.2, 0.25) is 0 Å². The SMILES string of the molecule is COc1ccc(N(c2ccc(OC)cc2)c2ccc(C(=O)O)cc2)cc1.COc1ccc(N(c2ccc(OC)cc2)c2ccc(C(=O)O)cc2)cc1. The van der Waals surface area contributed by atoms with Gasteiger partial charge in [-0.15, -0.1) is 0 Å². The Bertz CT molecular complexity index is 1800. The van der Waals surface area contributed by atoms with E-state index in [0.717, 1.165) is 57.1 Å². The molecule has 0 heterocycles. The smallest absolute Gasteiger partial charge is 0.335 e. The number of hydrogen-bond donors (Lipinski definition) is 2. The maximum Gasteiger partial charge on any atom is 0.335 e. The van der Waals surface area contributed by atoms with Gasteiger partial charge in [0, 0.05) is 34.1 Å². The average Bonchev–Trinajstić information content (AvgIpc) is 3.20. The molecule has 0 bridgehead atoms. The van der Waals surface area contributed by atoms with Crippen molar-refractivity contribution in [2.75, 3.05) is 38.2 Å². The van der Waals surface area contributed by atoms with Crippen molar-refractivity contribution in [2.45, 2.75) is 0 Å². The van der Waals surface area contributed by atoms with Crippen molar-refractivity contribution in [1.82, 2.24) is 0 Å². The molecular formula is C42H38N2O8. The van der Waals surface area contributed by atoms with E-state index in [9.17, 15) is 9.59 Å². The van der Waals surface area contributed by atoms with E-state index >= 15 is 0 Å². The lowest BCUT2D eigenvalue weighted by Gasteiger charge is -2.25. The second-order valence-electron chi connectivity index (χ2n) is 11.2. The summed E-state index contributed by atoms with van der Waals surface area (Å²) in [6, 6.07) is 44.2. The summed E-state index contributed by atoms with van der Waals surface area (Å²) in [5, 5.41) is 18.2. The molecule has 264 valence electrons. The first-order valence-electron chi connectivity index (χ1n) is 16.1. The van der Waals surface area contributed by atoms with E-state index in [1.807, 2.05) is 107 Å². The Kier molecular flexibility index (Phi) is 12.0. The molecule has 6 rings (SSSR count). The fraction of sp³-hybridized carbons (Fsp3) is 0.0952. The minimum absolute atomic E-state index is 0.248. The van der Waals surface area contributed by atoms with Gasteiger partial charge in [0.1, 0.15) is 23.0 Å². The van der Waals surface area contributed by atoms with Crippen LogP contribution in [-0.2, 0) is 0 Å². The van der Waals surface area contributed by atoms with Gasteiger partial charge in [-0.05, 0) is 146 Å². The number of nitrogens with zero attached hydrogens (tertiary/aromatic N) is 2. The largest absolute Gasteiger partial charge is 0.497 e. The van der Waals surface area contributed by atoms with E-state index in [4.69, 9.17) is 29.2 Å². The predicted molar refractivity (Wildman–Crippen MR) is 202 cm³/mol. The first kappa shape index (κ1) is 36.3. The van der Waals surface area contributed by atoms with Crippen LogP contribution in [-0.4, -0.2) is 50.6 Å². The summed E-state index contributed by atoms with van der Waals surface area (Å²) in [5.41, 5.74) is 5.92. The van der Waals surface area contributed by atoms with Gasteiger partial charge in [0.25, 0.3) is 0 Å². The molecular weight excluding hydrogens is 660 g/mol. The van der Waals surface area contributed by atoms with Gasteiger partial charge < -0.3 is 39.0 Å². The number of carboxylic acid groups (broad SMARTS) is 2. The van der Waals surface area contributed by atoms with Crippen LogP contribution in [0.25, 0.3) is 0 Å². The number of carbonyl (C=O) groups is 2. The average molecular weight is 699 g/mol. The molecule has 0 fully saturated rings. The monoisotopic (exact) mass is 698 g/mol. The van der Waals surface area contributed by atoms with Crippen molar-refractivity contribution < 1.29 is 38.7 Å². The molecule has 0 saturated heterocycles. The van der Waals surface area contributed by atoms with Crippen molar-refractivity contribution in [3.8, 4) is 23.0 Å². The Hall–Kier alpha value is -6.94. The zero-order valence-electron chi connectivity index (χ0n) is 29.1. The van der Waals surface area contributed by atoms with E-state index in [0.29, 0.717) is 0 Å². The molecule has 2 N–H and O–H groups in total. The normalized spacial score (nSPS) is 10.2. The van der Waals surface area contributed by atoms with E-state index < -0.39 is 11.9 Å². The molecule has 0 aliphatic heterocycles. The van der Waals surface area contributed by atoms with Gasteiger partial charge in [-0.25, -0.2) is 9.59 Å². The molecule has 10 heteroatoms. The lowest BCUT2D eigenvalue weighted by atomic mass is 10.1. The Morgan fingerprint density at radius 2 is 0.519 bits per heavy atom. The number of benzene rings is 6. The van der Waals surface area contributed by atoms with Gasteiger partial charge >= 0.3 is 11.9 Å². The highest BCUT2D eigenvalue weighted by Gasteiger charge is 2.15. The van der Waals surface area contributed by atoms with Crippen molar-refractivity contribution in [3.05, 3.63) is 157 Å². The van der Waals surface area contributed by atoms with Crippen LogP contribution in [0, 0.1) is 0 Å². The molecule has 0 aromatic heterocycles. The lowest BCUT2D eigenvalue weighted by molar-refractivity contribution is 0.0686. The highest BCUT2D eigenvalue weighted by molar-refractivity contribution is 5.89. The van der Waals surface area contributed by atoms with Crippen LogP contribution in [0.1, 0.15) is 20.7 Å². The lowest BCUT2D eigenvalue weighted by Crippen LogP contribution is -2.10. The van der Waals surface area contributed by atoms with Gasteiger partial charge in [-0.2, -0.15) is 0 Å². The van der Waals surface area contributed by atoms with E-state index in [1.54, 1.807) is 77.0 Å². The van der Waals surface area contributed by atoms with Crippen molar-refractivity contribution in [1.29, 1.82) is 0 Å². The topological polar surface area (TPSA) is 118 Å². The molecule has 0 saturated carbocycles. The Balaban J connectivity index is 0.000000201. The molecule has 0 unspecified atom stereocenters. The van der Waals surface area contributed by atoms with Crippen LogP contribution in [0.5, 0.6) is 23.0 Å². The molecule has 6 aromatic rings. The van der Waals surface area contributed by atoms with Crippen LogP contribution in [0.3, 0.4) is 0 Å². The van der Waals surface area contributed by atoms with Crippen molar-refractivity contribution in [3.63, 3.8) is 0 Å². The maximum atomic E-state index is 11.1. The summed E-state index contributed by atoms with van der Waals surface area (Å²) in [4.78, 5) is 26.3. The fourth-order valence-electron chi connectivity index (χ4n) is 5.33. The number of ether oxygens (including phenoxy) is 4. The minimum atomic E-state index is -0.947. The first-order valence-corrected chi connectivity index (χ1v) is 16.1. The number of aromatic carboxylic acids is 2. The third kappa shape index (κ3) is 8.80. The van der Waals surface area contributed by atoms with Crippen molar-refractivity contribution >= 4 is 46.1 Å². The summed E-state index contributed by atoms with van der Waals surface area (Å²) < 4.78 is 20.9. The van der Waals surface area contributed by atoms with Crippen molar-refractivity contribution in [2.24, 2.45) is 0 Å². The standard InChI is InChI=1S/2C21H19NO4/c2*1-25-19-11-7-17(8-12-19)22(18-9-13-20(26-2)14-10-18)16-5-3-15(4-6-16)21(23)24/h2*3-14H,1-2H3,(H,23,24). The number of carboxylic acids is 2. The molecule has 0 aliphatic rings. The third-order valence-corrected chi connectivity index (χ3v) is 8.07. The molecule has 0 aliphatic carbocycles. The molecule has 0 amide bonds. The highest BCUT2D eigenvalue weighted by atomic mass is 16.5. The number of methoxy groups -OCH3 is 4. The fourth-order valence-corrected chi connectivity index (χ4v) is 5.33. The molecule has 0 radical (unpaired) electrons. The van der Waals surface area contributed by atoms with Crippen LogP contribution in [0.4, 0.5) is 34.1 Å². The summed E-state index contributed by atoms with van der Waals surface area (Å²) in [7, 11) is 6.50. The molecule has 0 atom stereocenters. The van der Waals surface area contributed by atoms with Gasteiger partial charge in [0.05, 0.1) is 39.6 Å². The first-order chi connectivity index (χ1) is 25.2. The Labute approximate surface area is 302 Å². The Morgan fingerprint density at radius 3 is 0.673 bits per heavy atom. The minimum Gasteiger partial charge on any atom is -0.497 e. The molecule has 0 spiro atoms. The van der Waals surface area contributed by atoms with E-state index in [-0.39, 0.29) is 11.1 Å². The third-order valence-electron chi connectivity index (χ3n) is 8.07. The van der Waals surface area contributed by atoms with Gasteiger partial charge in [-0.3, -0.25) is 0 Å². The Morgan fingerprint density at radius 1 is 0.346 bits per heavy atom. The summed E-state index contributed by atoms with van der Waals surface area (Å²) in [6.45, 7) is 0. The zero-order valence-corrected chi connectivity index (χ0v) is 29.1. The number of hydrogen-bond acceptors (Lipinski definition) is 8. The summed E-state index contributed by atoms with van der Waals surface area (Å²) in [5.74, 6) is 1.18. The highest BCUT2D eigenvalue weighted by Crippen LogP contribution is 2.37. The number of anilines is 6.